The number of hydrogen-bond donors (Lipinski definition) is 4. The molecule has 0 spiro atoms. The van der Waals surface area contributed by atoms with Crippen molar-refractivity contribution in [2.24, 2.45) is 0 Å². The van der Waals surface area contributed by atoms with E-state index in [1.54, 1.807) is 0 Å². The Hall–Kier alpha value is -3.26. The Bertz CT molecular complexity index is 878. The highest BCUT2D eigenvalue weighted by Crippen LogP contribution is 2.38. The number of phenols is 2. The van der Waals surface area contributed by atoms with Gasteiger partial charge in [0, 0.05) is 10.6 Å². The van der Waals surface area contributed by atoms with Crippen LogP contribution >= 0.6 is 11.6 Å². The molecule has 0 aromatic heterocycles. The number of anilines is 1. The number of carbonyl (C=O) groups excluding carboxylic acids is 2. The summed E-state index contributed by atoms with van der Waals surface area (Å²) in [5, 5.41) is 32.0. The molecule has 0 saturated heterocycles. The molecule has 26 heavy (non-hydrogen) atoms. The summed E-state index contributed by atoms with van der Waals surface area (Å²) in [4.78, 5) is 35.5. The van der Waals surface area contributed by atoms with Crippen LogP contribution in [0.1, 0.15) is 38.0 Å². The minimum atomic E-state index is -1.69. The van der Waals surface area contributed by atoms with Crippen molar-refractivity contribution >= 4 is 35.1 Å². The van der Waals surface area contributed by atoms with E-state index in [0.717, 1.165) is 6.07 Å². The minimum absolute atomic E-state index is 0.0198. The smallest absolute Gasteiger partial charge is 0.343 e. The van der Waals surface area contributed by atoms with Crippen LogP contribution in [0, 0.1) is 0 Å². The monoisotopic (exact) mass is 379 g/mol. The van der Waals surface area contributed by atoms with Crippen molar-refractivity contribution in [3.8, 4) is 11.5 Å². The lowest BCUT2D eigenvalue weighted by Gasteiger charge is -2.14. The van der Waals surface area contributed by atoms with Crippen LogP contribution in [0.5, 0.6) is 11.5 Å². The minimum Gasteiger partial charge on any atom is -0.506 e. The third-order valence-electron chi connectivity index (χ3n) is 3.34. The molecule has 136 valence electrons. The molecule has 0 aliphatic heterocycles. The maximum Gasteiger partial charge on any atom is 0.343 e. The fourth-order valence-corrected chi connectivity index (χ4v) is 2.25. The molecule has 2 rings (SSSR count). The number of rotatable bonds is 5. The van der Waals surface area contributed by atoms with E-state index >= 15 is 0 Å². The van der Waals surface area contributed by atoms with E-state index in [-0.39, 0.29) is 17.9 Å². The molecule has 2 aromatic carbocycles. The topological polar surface area (TPSA) is 133 Å². The highest BCUT2D eigenvalue weighted by atomic mass is 35.5. The van der Waals surface area contributed by atoms with Crippen molar-refractivity contribution in [3.63, 3.8) is 0 Å². The number of aromatic hydroxyl groups is 2. The first-order valence-corrected chi connectivity index (χ1v) is 7.70. The maximum absolute atomic E-state index is 12.3. The van der Waals surface area contributed by atoms with Gasteiger partial charge in [0.05, 0.1) is 12.3 Å². The summed E-state index contributed by atoms with van der Waals surface area (Å²) < 4.78 is 4.74. The SMILES string of the molecule is CCOC(=O)c1cc(NC(=O)c2ccc(Cl)cc2)c(O)c(C(=O)O)c1O. The van der Waals surface area contributed by atoms with E-state index in [1.165, 1.54) is 31.2 Å². The zero-order valence-electron chi connectivity index (χ0n) is 13.4. The number of halogens is 1. The second-order valence-electron chi connectivity index (χ2n) is 5.03. The molecule has 0 aliphatic carbocycles. The molecule has 8 nitrogen and oxygen atoms in total. The van der Waals surface area contributed by atoms with Gasteiger partial charge in [-0.3, -0.25) is 4.79 Å². The number of esters is 1. The number of aromatic carboxylic acids is 1. The number of hydrogen-bond acceptors (Lipinski definition) is 6. The molecule has 0 aliphatic rings. The zero-order chi connectivity index (χ0) is 19.4. The van der Waals surface area contributed by atoms with Crippen LogP contribution in [-0.2, 0) is 4.74 Å². The fourth-order valence-electron chi connectivity index (χ4n) is 2.12. The molecular formula is C17H14ClNO7. The average molecular weight is 380 g/mol. The fraction of sp³-hybridized carbons (Fsp3) is 0.118. The number of ether oxygens (including phenoxy) is 1. The molecule has 0 heterocycles. The van der Waals surface area contributed by atoms with Gasteiger partial charge in [0.1, 0.15) is 16.9 Å². The number of nitrogens with one attached hydrogen (secondary N) is 1. The second-order valence-corrected chi connectivity index (χ2v) is 5.47. The summed E-state index contributed by atoms with van der Waals surface area (Å²) in [5.74, 6) is -5.24. The van der Waals surface area contributed by atoms with Gasteiger partial charge >= 0.3 is 11.9 Å². The van der Waals surface area contributed by atoms with Gasteiger partial charge in [-0.25, -0.2) is 9.59 Å². The van der Waals surface area contributed by atoms with Gasteiger partial charge in [-0.05, 0) is 37.3 Å². The first-order chi connectivity index (χ1) is 12.3. The molecule has 1 amide bonds. The number of carbonyl (C=O) groups is 3. The predicted molar refractivity (Wildman–Crippen MR) is 92.1 cm³/mol. The van der Waals surface area contributed by atoms with E-state index in [0.29, 0.717) is 5.02 Å². The highest BCUT2D eigenvalue weighted by Gasteiger charge is 2.27. The summed E-state index contributed by atoms with van der Waals surface area (Å²) in [6.45, 7) is 1.50. The van der Waals surface area contributed by atoms with Gasteiger partial charge < -0.3 is 25.4 Å². The van der Waals surface area contributed by atoms with Crippen molar-refractivity contribution < 1.29 is 34.4 Å². The first-order valence-electron chi connectivity index (χ1n) is 7.32. The zero-order valence-corrected chi connectivity index (χ0v) is 14.2. The molecule has 0 fully saturated rings. The Morgan fingerprint density at radius 2 is 1.73 bits per heavy atom. The van der Waals surface area contributed by atoms with Gasteiger partial charge in [-0.1, -0.05) is 11.6 Å². The molecule has 0 unspecified atom stereocenters. The lowest BCUT2D eigenvalue weighted by molar-refractivity contribution is 0.0522. The molecule has 0 saturated carbocycles. The summed E-state index contributed by atoms with van der Waals surface area (Å²) in [7, 11) is 0. The summed E-state index contributed by atoms with van der Waals surface area (Å²) in [6.07, 6.45) is 0. The van der Waals surface area contributed by atoms with Crippen molar-refractivity contribution in [2.45, 2.75) is 6.92 Å². The van der Waals surface area contributed by atoms with Crippen LogP contribution in [0.15, 0.2) is 30.3 Å². The summed E-state index contributed by atoms with van der Waals surface area (Å²) in [6, 6.07) is 6.71. The normalized spacial score (nSPS) is 10.2. The number of amides is 1. The van der Waals surface area contributed by atoms with Crippen molar-refractivity contribution in [1.29, 1.82) is 0 Å². The van der Waals surface area contributed by atoms with E-state index in [2.05, 4.69) is 5.32 Å². The predicted octanol–water partition coefficient (Wildman–Crippen LogP) is 2.88. The number of carboxylic acid groups (broad SMARTS) is 1. The Kier molecular flexibility index (Phi) is 5.68. The van der Waals surface area contributed by atoms with Crippen LogP contribution in [0.25, 0.3) is 0 Å². The molecule has 4 N–H and O–H groups in total. The lowest BCUT2D eigenvalue weighted by atomic mass is 10.0. The first kappa shape index (κ1) is 19.1. The molecule has 0 atom stereocenters. The Balaban J connectivity index is 2.50. The largest absolute Gasteiger partial charge is 0.506 e. The van der Waals surface area contributed by atoms with Crippen LogP contribution in [0.2, 0.25) is 5.02 Å². The van der Waals surface area contributed by atoms with Gasteiger partial charge in [0.15, 0.2) is 5.75 Å². The van der Waals surface area contributed by atoms with Gasteiger partial charge in [0.25, 0.3) is 5.91 Å². The third kappa shape index (κ3) is 3.86. The highest BCUT2D eigenvalue weighted by molar-refractivity contribution is 6.30. The Morgan fingerprint density at radius 1 is 1.12 bits per heavy atom. The Labute approximate surface area is 152 Å². The number of benzene rings is 2. The van der Waals surface area contributed by atoms with Crippen LogP contribution in [0.4, 0.5) is 5.69 Å². The van der Waals surface area contributed by atoms with E-state index < -0.39 is 40.5 Å². The third-order valence-corrected chi connectivity index (χ3v) is 3.59. The summed E-state index contributed by atoms with van der Waals surface area (Å²) in [5.41, 5.74) is -1.63. The lowest BCUT2D eigenvalue weighted by Crippen LogP contribution is -2.15. The number of carboxylic acids is 1. The average Bonchev–Trinajstić information content (AvgIpc) is 2.57. The van der Waals surface area contributed by atoms with Crippen LogP contribution in [-0.4, -0.2) is 39.8 Å². The van der Waals surface area contributed by atoms with Crippen molar-refractivity contribution in [2.75, 3.05) is 11.9 Å². The van der Waals surface area contributed by atoms with Gasteiger partial charge in [0.2, 0.25) is 0 Å². The molecule has 9 heteroatoms. The second kappa shape index (κ2) is 7.75. The van der Waals surface area contributed by atoms with Crippen molar-refractivity contribution in [1.82, 2.24) is 0 Å². The molecule has 2 aromatic rings. The van der Waals surface area contributed by atoms with Gasteiger partial charge in [-0.15, -0.1) is 0 Å². The quantitative estimate of drug-likeness (QED) is 0.356. The van der Waals surface area contributed by atoms with E-state index in [1.807, 2.05) is 0 Å². The van der Waals surface area contributed by atoms with Crippen LogP contribution < -0.4 is 5.32 Å². The standard InChI is InChI=1S/C17H14ClNO7/c1-2-26-17(25)10-7-11(14(21)12(13(10)20)16(23)24)19-15(22)8-3-5-9(18)6-4-8/h3-7,20-21H,2H2,1H3,(H,19,22)(H,23,24). The summed E-state index contributed by atoms with van der Waals surface area (Å²) >= 11 is 5.74. The van der Waals surface area contributed by atoms with E-state index in [4.69, 9.17) is 16.3 Å². The Morgan fingerprint density at radius 3 is 2.27 bits per heavy atom. The van der Waals surface area contributed by atoms with Crippen molar-refractivity contribution in [3.05, 3.63) is 52.0 Å². The molecule has 0 radical (unpaired) electrons. The van der Waals surface area contributed by atoms with Gasteiger partial charge in [-0.2, -0.15) is 0 Å². The van der Waals surface area contributed by atoms with E-state index in [9.17, 15) is 29.7 Å². The van der Waals surface area contributed by atoms with Crippen LogP contribution in [0.3, 0.4) is 0 Å². The molecular weight excluding hydrogens is 366 g/mol. The molecule has 0 bridgehead atoms. The maximum atomic E-state index is 12.3.